The van der Waals surface area contributed by atoms with Gasteiger partial charge in [0.25, 0.3) is 0 Å². The largest absolute Gasteiger partial charge is 0.374 e. The fourth-order valence-electron chi connectivity index (χ4n) is 2.62. The van der Waals surface area contributed by atoms with Gasteiger partial charge in [0.05, 0.1) is 34.6 Å². The monoisotopic (exact) mass is 345 g/mol. The number of rotatable bonds is 5. The van der Waals surface area contributed by atoms with Gasteiger partial charge < -0.3 is 9.64 Å². The van der Waals surface area contributed by atoms with Gasteiger partial charge in [-0.2, -0.15) is 5.10 Å². The summed E-state index contributed by atoms with van der Waals surface area (Å²) in [6, 6.07) is 0.0791. The second-order valence-corrected chi connectivity index (χ2v) is 6.10. The molecule has 0 radical (unpaired) electrons. The van der Waals surface area contributed by atoms with Crippen LogP contribution in [0.4, 0.5) is 0 Å². The first kappa shape index (κ1) is 15.9. The van der Waals surface area contributed by atoms with E-state index in [2.05, 4.69) is 45.3 Å². The first-order chi connectivity index (χ1) is 9.56. The lowest BCUT2D eigenvalue weighted by atomic mass is 10.0. The number of aryl methyl sites for hydroxylation is 2. The molecule has 1 aromatic heterocycles. The molecule has 1 aliphatic rings. The number of hydrogen-bond acceptors (Lipinski definition) is 5. The SMILES string of the molecule is CCn1nc(C)c(Br)c1CC(NN)C1CN(C)CCO1. The zero-order chi connectivity index (χ0) is 14.7. The van der Waals surface area contributed by atoms with E-state index in [-0.39, 0.29) is 12.1 Å². The molecule has 1 aromatic rings. The number of likely N-dealkylation sites (N-methyl/N-ethyl adjacent to an activating group) is 1. The maximum atomic E-state index is 5.86. The molecule has 0 bridgehead atoms. The lowest BCUT2D eigenvalue weighted by Gasteiger charge is -2.35. The zero-order valence-corrected chi connectivity index (χ0v) is 14.0. The normalized spacial score (nSPS) is 22.1. The summed E-state index contributed by atoms with van der Waals surface area (Å²) in [7, 11) is 2.11. The summed E-state index contributed by atoms with van der Waals surface area (Å²) in [6.45, 7) is 7.58. The fourth-order valence-corrected chi connectivity index (χ4v) is 3.07. The lowest BCUT2D eigenvalue weighted by Crippen LogP contribution is -2.54. The molecule has 7 heteroatoms. The van der Waals surface area contributed by atoms with Gasteiger partial charge in [0.2, 0.25) is 0 Å². The van der Waals surface area contributed by atoms with Gasteiger partial charge in [-0.25, -0.2) is 0 Å². The van der Waals surface area contributed by atoms with Crippen molar-refractivity contribution in [3.05, 3.63) is 15.9 Å². The predicted molar refractivity (Wildman–Crippen MR) is 82.4 cm³/mol. The Kier molecular flexibility index (Phi) is 5.57. The van der Waals surface area contributed by atoms with Gasteiger partial charge >= 0.3 is 0 Å². The van der Waals surface area contributed by atoms with Crippen molar-refractivity contribution in [1.29, 1.82) is 0 Å². The van der Waals surface area contributed by atoms with Crippen molar-refractivity contribution in [1.82, 2.24) is 20.1 Å². The Labute approximate surface area is 128 Å². The Morgan fingerprint density at radius 2 is 2.35 bits per heavy atom. The molecule has 0 spiro atoms. The van der Waals surface area contributed by atoms with E-state index < -0.39 is 0 Å². The summed E-state index contributed by atoms with van der Waals surface area (Å²) < 4.78 is 8.96. The van der Waals surface area contributed by atoms with E-state index >= 15 is 0 Å². The molecule has 0 aromatic carbocycles. The van der Waals surface area contributed by atoms with E-state index in [1.807, 2.05) is 11.6 Å². The Morgan fingerprint density at radius 1 is 1.60 bits per heavy atom. The topological polar surface area (TPSA) is 68.3 Å². The summed E-state index contributed by atoms with van der Waals surface area (Å²) >= 11 is 3.63. The highest BCUT2D eigenvalue weighted by Crippen LogP contribution is 2.23. The quantitative estimate of drug-likeness (QED) is 0.606. The molecule has 1 fully saturated rings. The number of nitrogens with two attached hydrogens (primary N) is 1. The average molecular weight is 346 g/mol. The molecule has 6 nitrogen and oxygen atoms in total. The van der Waals surface area contributed by atoms with Crippen molar-refractivity contribution in [2.24, 2.45) is 5.84 Å². The number of halogens is 1. The Balaban J connectivity index is 2.13. The summed E-state index contributed by atoms with van der Waals surface area (Å²) in [6.07, 6.45) is 0.899. The van der Waals surface area contributed by atoms with Gasteiger partial charge in [-0.05, 0) is 36.8 Å². The van der Waals surface area contributed by atoms with Gasteiger partial charge in [0.15, 0.2) is 0 Å². The van der Waals surface area contributed by atoms with E-state index in [1.54, 1.807) is 0 Å². The van der Waals surface area contributed by atoms with E-state index in [0.717, 1.165) is 42.8 Å². The van der Waals surface area contributed by atoms with Crippen LogP contribution in [0, 0.1) is 6.92 Å². The van der Waals surface area contributed by atoms with Gasteiger partial charge in [0.1, 0.15) is 0 Å². The maximum Gasteiger partial charge on any atom is 0.0872 e. The first-order valence-electron chi connectivity index (χ1n) is 7.04. The van der Waals surface area contributed by atoms with Crippen LogP contribution in [-0.2, 0) is 17.7 Å². The average Bonchev–Trinajstić information content (AvgIpc) is 2.71. The number of aromatic nitrogens is 2. The number of ether oxygens (including phenoxy) is 1. The minimum Gasteiger partial charge on any atom is -0.374 e. The molecule has 20 heavy (non-hydrogen) atoms. The molecule has 2 rings (SSSR count). The van der Waals surface area contributed by atoms with Crippen LogP contribution in [0.25, 0.3) is 0 Å². The van der Waals surface area contributed by atoms with Gasteiger partial charge in [-0.3, -0.25) is 16.0 Å². The van der Waals surface area contributed by atoms with E-state index in [4.69, 9.17) is 10.6 Å². The molecule has 1 aliphatic heterocycles. The van der Waals surface area contributed by atoms with Crippen LogP contribution in [0.15, 0.2) is 4.47 Å². The molecular weight excluding hydrogens is 322 g/mol. The molecule has 1 saturated heterocycles. The third-order valence-electron chi connectivity index (χ3n) is 3.83. The highest BCUT2D eigenvalue weighted by Gasteiger charge is 2.28. The smallest absolute Gasteiger partial charge is 0.0872 e. The maximum absolute atomic E-state index is 5.86. The van der Waals surface area contributed by atoms with Gasteiger partial charge in [-0.1, -0.05) is 0 Å². The third-order valence-corrected chi connectivity index (χ3v) is 4.86. The van der Waals surface area contributed by atoms with Crippen LogP contribution in [0.3, 0.4) is 0 Å². The predicted octanol–water partition coefficient (Wildman–Crippen LogP) is 0.679. The van der Waals surface area contributed by atoms with Crippen molar-refractivity contribution in [3.63, 3.8) is 0 Å². The van der Waals surface area contributed by atoms with Crippen molar-refractivity contribution >= 4 is 15.9 Å². The standard InChI is InChI=1S/C13H24BrN5O/c1-4-19-11(13(14)9(2)17-19)7-10(16-15)12-8-18(3)5-6-20-12/h10,12,16H,4-8,15H2,1-3H3. The van der Waals surface area contributed by atoms with Crippen LogP contribution >= 0.6 is 15.9 Å². The molecule has 0 aliphatic carbocycles. The molecule has 114 valence electrons. The van der Waals surface area contributed by atoms with E-state index in [9.17, 15) is 0 Å². The third kappa shape index (κ3) is 3.40. The Bertz CT molecular complexity index is 450. The lowest BCUT2D eigenvalue weighted by molar-refractivity contribution is -0.0387. The van der Waals surface area contributed by atoms with Crippen LogP contribution in [0.5, 0.6) is 0 Å². The summed E-state index contributed by atoms with van der Waals surface area (Å²) in [5, 5.41) is 4.53. The minimum atomic E-state index is 0.0791. The number of nitrogens with one attached hydrogen (secondary N) is 1. The molecule has 0 amide bonds. The number of hydrazine groups is 1. The second kappa shape index (κ2) is 7.00. The number of morpholine rings is 1. The summed E-state index contributed by atoms with van der Waals surface area (Å²) in [5.41, 5.74) is 5.10. The van der Waals surface area contributed by atoms with Crippen LogP contribution in [0.1, 0.15) is 18.3 Å². The highest BCUT2D eigenvalue weighted by atomic mass is 79.9. The van der Waals surface area contributed by atoms with Crippen molar-refractivity contribution < 1.29 is 4.74 Å². The second-order valence-electron chi connectivity index (χ2n) is 5.31. The highest BCUT2D eigenvalue weighted by molar-refractivity contribution is 9.10. The number of nitrogens with zero attached hydrogens (tertiary/aromatic N) is 3. The summed E-state index contributed by atoms with van der Waals surface area (Å²) in [5.74, 6) is 5.75. The summed E-state index contributed by atoms with van der Waals surface area (Å²) in [4.78, 5) is 2.27. The van der Waals surface area contributed by atoms with Crippen molar-refractivity contribution in [2.45, 2.75) is 39.0 Å². The van der Waals surface area contributed by atoms with Crippen LogP contribution in [-0.4, -0.2) is 53.6 Å². The zero-order valence-electron chi connectivity index (χ0n) is 12.4. The molecule has 2 unspecified atom stereocenters. The molecule has 2 heterocycles. The van der Waals surface area contributed by atoms with Crippen molar-refractivity contribution in [2.75, 3.05) is 26.7 Å². The van der Waals surface area contributed by atoms with E-state index in [1.165, 1.54) is 5.69 Å². The Hall–Kier alpha value is -0.470. The molecular formula is C13H24BrN5O. The van der Waals surface area contributed by atoms with Gasteiger partial charge in [-0.15, -0.1) is 0 Å². The molecule has 2 atom stereocenters. The fraction of sp³-hybridized carbons (Fsp3) is 0.769. The molecule has 0 saturated carbocycles. The van der Waals surface area contributed by atoms with E-state index in [0.29, 0.717) is 0 Å². The minimum absolute atomic E-state index is 0.0791. The molecule has 3 N–H and O–H groups in total. The Morgan fingerprint density at radius 3 is 2.95 bits per heavy atom. The van der Waals surface area contributed by atoms with Gasteiger partial charge in [0, 0.05) is 26.1 Å². The van der Waals surface area contributed by atoms with Crippen LogP contribution in [0.2, 0.25) is 0 Å². The van der Waals surface area contributed by atoms with Crippen molar-refractivity contribution in [3.8, 4) is 0 Å². The number of hydrogen-bond donors (Lipinski definition) is 2. The van der Waals surface area contributed by atoms with Crippen LogP contribution < -0.4 is 11.3 Å². The first-order valence-corrected chi connectivity index (χ1v) is 7.84.